The molecule has 2 heterocycles. The van der Waals surface area contributed by atoms with Gasteiger partial charge in [-0.2, -0.15) is 5.10 Å². The van der Waals surface area contributed by atoms with Crippen LogP contribution >= 0.6 is 0 Å². The summed E-state index contributed by atoms with van der Waals surface area (Å²) in [5.74, 6) is 0.559. The van der Waals surface area contributed by atoms with Crippen molar-refractivity contribution in [3.05, 3.63) is 46.4 Å². The lowest BCUT2D eigenvalue weighted by Gasteiger charge is -2.26. The standard InChI is InChI=1S/C13H14N4O/c18-13-7-8-14-12(16-13)5-4-11-6-9-15-17(11)10-2-1-3-10/h4-10H,1-3H2,(H,14,16,18)/b5-4+. The largest absolute Gasteiger partial charge is 0.307 e. The fourth-order valence-electron chi connectivity index (χ4n) is 2.03. The smallest absolute Gasteiger partial charge is 0.251 e. The van der Waals surface area contributed by atoms with Gasteiger partial charge in [0, 0.05) is 18.5 Å². The lowest BCUT2D eigenvalue weighted by Crippen LogP contribution is -2.19. The van der Waals surface area contributed by atoms with Crippen molar-refractivity contribution in [2.45, 2.75) is 25.3 Å². The van der Waals surface area contributed by atoms with Crippen molar-refractivity contribution in [3.8, 4) is 0 Å². The van der Waals surface area contributed by atoms with Gasteiger partial charge in [0.05, 0.1) is 11.7 Å². The van der Waals surface area contributed by atoms with Crippen molar-refractivity contribution >= 4 is 12.2 Å². The highest BCUT2D eigenvalue weighted by Gasteiger charge is 2.21. The summed E-state index contributed by atoms with van der Waals surface area (Å²) < 4.78 is 2.04. The highest BCUT2D eigenvalue weighted by Crippen LogP contribution is 2.32. The first-order valence-corrected chi connectivity index (χ1v) is 6.10. The van der Waals surface area contributed by atoms with Crippen LogP contribution in [0.2, 0.25) is 0 Å². The minimum absolute atomic E-state index is 0.142. The van der Waals surface area contributed by atoms with Crippen LogP contribution < -0.4 is 5.56 Å². The second kappa shape index (κ2) is 4.60. The number of aromatic amines is 1. The van der Waals surface area contributed by atoms with Crippen molar-refractivity contribution in [2.24, 2.45) is 0 Å². The number of nitrogens with one attached hydrogen (secondary N) is 1. The van der Waals surface area contributed by atoms with E-state index >= 15 is 0 Å². The Labute approximate surface area is 104 Å². The van der Waals surface area contributed by atoms with Crippen molar-refractivity contribution in [3.63, 3.8) is 0 Å². The summed E-state index contributed by atoms with van der Waals surface area (Å²) in [6, 6.07) is 3.90. The molecule has 1 aliphatic rings. The van der Waals surface area contributed by atoms with Gasteiger partial charge in [-0.15, -0.1) is 0 Å². The van der Waals surface area contributed by atoms with Crippen LogP contribution in [-0.4, -0.2) is 19.7 Å². The van der Waals surface area contributed by atoms with Gasteiger partial charge in [0.2, 0.25) is 0 Å². The second-order valence-corrected chi connectivity index (χ2v) is 4.44. The third kappa shape index (κ3) is 2.11. The van der Waals surface area contributed by atoms with Crippen LogP contribution in [-0.2, 0) is 0 Å². The summed E-state index contributed by atoms with van der Waals surface area (Å²) in [5.41, 5.74) is 0.906. The van der Waals surface area contributed by atoms with Crippen LogP contribution in [0.5, 0.6) is 0 Å². The molecule has 2 aromatic heterocycles. The highest BCUT2D eigenvalue weighted by atomic mass is 16.1. The van der Waals surface area contributed by atoms with Crippen LogP contribution in [0, 0.1) is 0 Å². The Morgan fingerprint density at radius 1 is 1.28 bits per heavy atom. The lowest BCUT2D eigenvalue weighted by molar-refractivity contribution is 0.288. The Kier molecular flexibility index (Phi) is 2.80. The van der Waals surface area contributed by atoms with Gasteiger partial charge in [-0.05, 0) is 37.5 Å². The minimum atomic E-state index is -0.142. The van der Waals surface area contributed by atoms with E-state index in [4.69, 9.17) is 0 Å². The summed E-state index contributed by atoms with van der Waals surface area (Å²) in [7, 11) is 0. The number of nitrogens with zero attached hydrogens (tertiary/aromatic N) is 3. The van der Waals surface area contributed by atoms with E-state index in [0.29, 0.717) is 11.9 Å². The van der Waals surface area contributed by atoms with E-state index in [2.05, 4.69) is 15.1 Å². The number of hydrogen-bond donors (Lipinski definition) is 1. The van der Waals surface area contributed by atoms with Crippen molar-refractivity contribution in [1.29, 1.82) is 0 Å². The molecule has 3 rings (SSSR count). The van der Waals surface area contributed by atoms with Crippen molar-refractivity contribution < 1.29 is 0 Å². The first-order chi connectivity index (χ1) is 8.83. The van der Waals surface area contributed by atoms with Gasteiger partial charge in [-0.3, -0.25) is 9.48 Å². The minimum Gasteiger partial charge on any atom is -0.307 e. The van der Waals surface area contributed by atoms with Crippen LogP contribution in [0.15, 0.2) is 29.3 Å². The normalized spacial score (nSPS) is 16.0. The van der Waals surface area contributed by atoms with Gasteiger partial charge in [0.25, 0.3) is 5.56 Å². The quantitative estimate of drug-likeness (QED) is 0.893. The third-order valence-corrected chi connectivity index (χ3v) is 3.22. The first kappa shape index (κ1) is 11.0. The molecule has 1 aliphatic carbocycles. The van der Waals surface area contributed by atoms with Gasteiger partial charge in [-0.25, -0.2) is 4.98 Å². The van der Waals surface area contributed by atoms with E-state index in [1.807, 2.05) is 16.8 Å². The molecule has 0 spiro atoms. The molecule has 18 heavy (non-hydrogen) atoms. The van der Waals surface area contributed by atoms with E-state index in [-0.39, 0.29) is 5.56 Å². The number of aromatic nitrogens is 4. The van der Waals surface area contributed by atoms with Gasteiger partial charge >= 0.3 is 0 Å². The maximum Gasteiger partial charge on any atom is 0.251 e. The topological polar surface area (TPSA) is 63.6 Å². The summed E-state index contributed by atoms with van der Waals surface area (Å²) >= 11 is 0. The van der Waals surface area contributed by atoms with E-state index in [0.717, 1.165) is 5.69 Å². The molecule has 5 nitrogen and oxygen atoms in total. The molecule has 0 aliphatic heterocycles. The zero-order valence-corrected chi connectivity index (χ0v) is 9.91. The van der Waals surface area contributed by atoms with Gasteiger partial charge in [-0.1, -0.05) is 0 Å². The Hall–Kier alpha value is -2.17. The zero-order valence-electron chi connectivity index (χ0n) is 9.91. The number of hydrogen-bond acceptors (Lipinski definition) is 3. The first-order valence-electron chi connectivity index (χ1n) is 6.10. The molecule has 0 aromatic carbocycles. The van der Waals surface area contributed by atoms with Crippen molar-refractivity contribution in [2.75, 3.05) is 0 Å². The maximum absolute atomic E-state index is 11.1. The molecule has 0 radical (unpaired) electrons. The van der Waals surface area contributed by atoms with Crippen molar-refractivity contribution in [1.82, 2.24) is 19.7 Å². The SMILES string of the molecule is O=c1ccnc(/C=C/c2ccnn2C2CCC2)[nH]1. The van der Waals surface area contributed by atoms with Crippen LogP contribution in [0.1, 0.15) is 36.8 Å². The number of H-pyrrole nitrogens is 1. The van der Waals surface area contributed by atoms with Crippen LogP contribution in [0.3, 0.4) is 0 Å². The Bertz CT molecular complexity index is 622. The summed E-state index contributed by atoms with van der Waals surface area (Å²) in [5, 5.41) is 4.34. The van der Waals surface area contributed by atoms with Gasteiger partial charge < -0.3 is 4.98 Å². The third-order valence-electron chi connectivity index (χ3n) is 3.22. The fourth-order valence-corrected chi connectivity index (χ4v) is 2.03. The molecule has 0 atom stereocenters. The molecule has 1 fully saturated rings. The van der Waals surface area contributed by atoms with Gasteiger partial charge in [0.1, 0.15) is 5.82 Å². The summed E-state index contributed by atoms with van der Waals surface area (Å²) in [6.07, 6.45) is 10.7. The maximum atomic E-state index is 11.1. The highest BCUT2D eigenvalue weighted by molar-refractivity contribution is 5.64. The molecule has 92 valence electrons. The predicted molar refractivity (Wildman–Crippen MR) is 68.9 cm³/mol. The Morgan fingerprint density at radius 3 is 2.89 bits per heavy atom. The summed E-state index contributed by atoms with van der Waals surface area (Å²) in [6.45, 7) is 0. The molecular formula is C13H14N4O. The molecule has 0 saturated heterocycles. The molecule has 1 saturated carbocycles. The van der Waals surface area contributed by atoms with E-state index < -0.39 is 0 Å². The average Bonchev–Trinajstić information content (AvgIpc) is 2.72. The number of rotatable bonds is 3. The fraction of sp³-hybridized carbons (Fsp3) is 0.308. The predicted octanol–water partition coefficient (Wildman–Crippen LogP) is 1.86. The summed E-state index contributed by atoms with van der Waals surface area (Å²) in [4.78, 5) is 17.9. The van der Waals surface area contributed by atoms with E-state index in [9.17, 15) is 4.79 Å². The molecule has 1 N–H and O–H groups in total. The molecule has 0 bridgehead atoms. The molecule has 2 aromatic rings. The molecule has 5 heteroatoms. The zero-order chi connectivity index (χ0) is 12.4. The molecular weight excluding hydrogens is 228 g/mol. The Morgan fingerprint density at radius 2 is 2.17 bits per heavy atom. The molecule has 0 unspecified atom stereocenters. The second-order valence-electron chi connectivity index (χ2n) is 4.44. The monoisotopic (exact) mass is 242 g/mol. The van der Waals surface area contributed by atoms with Crippen LogP contribution in [0.25, 0.3) is 12.2 Å². The lowest BCUT2D eigenvalue weighted by atomic mass is 9.93. The average molecular weight is 242 g/mol. The Balaban J connectivity index is 1.84. The van der Waals surface area contributed by atoms with Gasteiger partial charge in [0.15, 0.2) is 0 Å². The molecule has 0 amide bonds. The van der Waals surface area contributed by atoms with E-state index in [1.54, 1.807) is 12.3 Å². The van der Waals surface area contributed by atoms with Crippen LogP contribution in [0.4, 0.5) is 0 Å². The van der Waals surface area contributed by atoms with E-state index in [1.165, 1.54) is 31.5 Å².